The number of pyridine rings is 1. The van der Waals surface area contributed by atoms with Crippen molar-refractivity contribution in [2.24, 2.45) is 0 Å². The average molecular weight is 485 g/mol. The molecule has 0 radical (unpaired) electrons. The second-order valence-corrected chi connectivity index (χ2v) is 9.29. The van der Waals surface area contributed by atoms with E-state index in [-0.39, 0.29) is 23.6 Å². The summed E-state index contributed by atoms with van der Waals surface area (Å²) in [5.41, 5.74) is 0.353. The van der Waals surface area contributed by atoms with E-state index in [9.17, 15) is 9.59 Å². The number of carbonyl (C=O) groups excluding carboxylic acids is 1. The van der Waals surface area contributed by atoms with Crippen LogP contribution in [0.3, 0.4) is 0 Å². The summed E-state index contributed by atoms with van der Waals surface area (Å²) < 4.78 is 17.2. The lowest BCUT2D eigenvalue weighted by molar-refractivity contribution is 0.0696. The predicted molar refractivity (Wildman–Crippen MR) is 130 cm³/mol. The zero-order valence-corrected chi connectivity index (χ0v) is 20.3. The van der Waals surface area contributed by atoms with Crippen LogP contribution in [-0.4, -0.2) is 47.9 Å². The van der Waals surface area contributed by atoms with Crippen molar-refractivity contribution in [3.8, 4) is 11.5 Å². The highest BCUT2D eigenvalue weighted by atomic mass is 32.1. The summed E-state index contributed by atoms with van der Waals surface area (Å²) in [5.74, 6) is -0.304. The van der Waals surface area contributed by atoms with Gasteiger partial charge in [0.2, 0.25) is 0 Å². The molecule has 3 aromatic rings. The maximum atomic E-state index is 12.9. The Kier molecular flexibility index (Phi) is 8.61. The van der Waals surface area contributed by atoms with E-state index >= 15 is 0 Å². The molecule has 8 nitrogen and oxygen atoms in total. The number of carbonyl (C=O) groups is 2. The number of carboxylic acids is 1. The molecule has 34 heavy (non-hydrogen) atoms. The van der Waals surface area contributed by atoms with Gasteiger partial charge in [0, 0.05) is 41.1 Å². The lowest BCUT2D eigenvalue weighted by Gasteiger charge is -2.18. The Labute approximate surface area is 202 Å². The predicted octanol–water partition coefficient (Wildman–Crippen LogP) is 4.83. The van der Waals surface area contributed by atoms with Crippen LogP contribution in [0.15, 0.2) is 48.7 Å². The number of thiophene rings is 1. The van der Waals surface area contributed by atoms with Crippen LogP contribution in [0.4, 0.5) is 5.82 Å². The summed E-state index contributed by atoms with van der Waals surface area (Å²) in [7, 11) is 1.59. The molecule has 1 aromatic carbocycles. The van der Waals surface area contributed by atoms with Crippen molar-refractivity contribution in [2.75, 3.05) is 19.0 Å². The van der Waals surface area contributed by atoms with Crippen LogP contribution in [0.5, 0.6) is 11.5 Å². The van der Waals surface area contributed by atoms with E-state index in [1.807, 2.05) is 13.8 Å². The molecule has 0 saturated carbocycles. The second-order valence-electron chi connectivity index (χ2n) is 7.91. The summed E-state index contributed by atoms with van der Waals surface area (Å²) in [6, 6.07) is 12.0. The molecule has 0 spiro atoms. The first-order chi connectivity index (χ1) is 16.2. The van der Waals surface area contributed by atoms with Crippen molar-refractivity contribution in [1.82, 2.24) is 4.98 Å². The van der Waals surface area contributed by atoms with Gasteiger partial charge in [0.05, 0.1) is 12.2 Å². The molecule has 2 aromatic heterocycles. The van der Waals surface area contributed by atoms with Crippen LogP contribution in [0.2, 0.25) is 0 Å². The number of anilines is 1. The topological polar surface area (TPSA) is 107 Å². The number of nitrogens with one attached hydrogen (secondary N) is 1. The largest absolute Gasteiger partial charge is 0.490 e. The smallest absolute Gasteiger partial charge is 0.337 e. The number of methoxy groups -OCH3 is 1. The number of aromatic carboxylic acids is 1. The quantitative estimate of drug-likeness (QED) is 0.402. The molecule has 0 aliphatic heterocycles. The number of aromatic nitrogens is 1. The van der Waals surface area contributed by atoms with Crippen LogP contribution in [-0.2, 0) is 11.2 Å². The van der Waals surface area contributed by atoms with E-state index in [0.717, 1.165) is 6.42 Å². The van der Waals surface area contributed by atoms with E-state index in [2.05, 4.69) is 29.4 Å². The number of rotatable bonds is 11. The van der Waals surface area contributed by atoms with Gasteiger partial charge in [-0.05, 0) is 57.2 Å². The van der Waals surface area contributed by atoms with Crippen molar-refractivity contribution >= 4 is 29.0 Å². The third-order valence-corrected chi connectivity index (χ3v) is 5.78. The fourth-order valence-corrected chi connectivity index (χ4v) is 4.28. The van der Waals surface area contributed by atoms with Gasteiger partial charge in [0.25, 0.3) is 5.91 Å². The SMILES string of the molecule is COC[C@H](C)Oc1cc(O[C@@H](C)Cc2ccc(C)s2)cc(C(=O)Nc2ccc(C(=O)O)cn2)c1. The third-order valence-electron chi connectivity index (χ3n) is 4.75. The van der Waals surface area contributed by atoms with Crippen molar-refractivity contribution in [1.29, 1.82) is 0 Å². The normalized spacial score (nSPS) is 12.6. The number of ether oxygens (including phenoxy) is 3. The number of benzene rings is 1. The Morgan fingerprint density at radius 2 is 1.74 bits per heavy atom. The molecule has 3 rings (SSSR count). The van der Waals surface area contributed by atoms with Gasteiger partial charge in [-0.2, -0.15) is 0 Å². The highest BCUT2D eigenvalue weighted by Crippen LogP contribution is 2.27. The minimum atomic E-state index is -1.09. The van der Waals surface area contributed by atoms with Crippen LogP contribution in [0, 0.1) is 6.92 Å². The lowest BCUT2D eigenvalue weighted by Crippen LogP contribution is -2.19. The van der Waals surface area contributed by atoms with E-state index in [0.29, 0.717) is 23.7 Å². The van der Waals surface area contributed by atoms with E-state index in [4.69, 9.17) is 19.3 Å². The highest BCUT2D eigenvalue weighted by molar-refractivity contribution is 7.11. The lowest BCUT2D eigenvalue weighted by atomic mass is 10.1. The van der Waals surface area contributed by atoms with Crippen molar-refractivity contribution in [3.05, 3.63) is 69.5 Å². The van der Waals surface area contributed by atoms with Crippen molar-refractivity contribution < 1.29 is 28.9 Å². The molecular weight excluding hydrogens is 456 g/mol. The Balaban J connectivity index is 1.79. The molecule has 0 aliphatic carbocycles. The zero-order chi connectivity index (χ0) is 24.7. The van der Waals surface area contributed by atoms with Crippen LogP contribution in [0.25, 0.3) is 0 Å². The van der Waals surface area contributed by atoms with Gasteiger partial charge in [-0.15, -0.1) is 11.3 Å². The van der Waals surface area contributed by atoms with Gasteiger partial charge in [-0.1, -0.05) is 0 Å². The zero-order valence-electron chi connectivity index (χ0n) is 19.5. The molecule has 0 bridgehead atoms. The molecule has 2 heterocycles. The number of hydrogen-bond acceptors (Lipinski definition) is 7. The summed E-state index contributed by atoms with van der Waals surface area (Å²) in [5, 5.41) is 11.7. The van der Waals surface area contributed by atoms with E-state index < -0.39 is 11.9 Å². The van der Waals surface area contributed by atoms with E-state index in [1.165, 1.54) is 28.1 Å². The van der Waals surface area contributed by atoms with Gasteiger partial charge in [-0.25, -0.2) is 9.78 Å². The minimum absolute atomic E-state index is 0.0335. The van der Waals surface area contributed by atoms with Gasteiger partial charge >= 0.3 is 5.97 Å². The van der Waals surface area contributed by atoms with Gasteiger partial charge in [0.1, 0.15) is 29.5 Å². The monoisotopic (exact) mass is 484 g/mol. The molecule has 1 amide bonds. The summed E-state index contributed by atoms with van der Waals surface area (Å²) in [6.07, 6.45) is 1.58. The first-order valence-electron chi connectivity index (χ1n) is 10.8. The van der Waals surface area contributed by atoms with Crippen LogP contribution in [0.1, 0.15) is 44.3 Å². The van der Waals surface area contributed by atoms with Crippen LogP contribution < -0.4 is 14.8 Å². The molecular formula is C25H28N2O6S. The molecule has 2 N–H and O–H groups in total. The maximum Gasteiger partial charge on any atom is 0.337 e. The first-order valence-corrected chi connectivity index (χ1v) is 11.6. The Hall–Kier alpha value is -3.43. The second kappa shape index (κ2) is 11.6. The standard InChI is InChI=1S/C25H28N2O6S/c1-15(9-22-7-5-17(3)34-22)32-20-10-19(11-21(12-20)33-16(2)14-31-4)24(28)27-23-8-6-18(13-26-23)25(29)30/h5-8,10-13,15-16H,9,14H2,1-4H3,(H,29,30)(H,26,27,28)/t15-,16-/m0/s1. The van der Waals surface area contributed by atoms with Crippen molar-refractivity contribution in [2.45, 2.75) is 39.4 Å². The average Bonchev–Trinajstić information content (AvgIpc) is 3.18. The first kappa shape index (κ1) is 25.2. The molecule has 2 atom stereocenters. The number of nitrogens with zero attached hydrogens (tertiary/aromatic N) is 1. The number of amides is 1. The number of carboxylic acid groups (broad SMARTS) is 1. The molecule has 0 aliphatic rings. The molecule has 0 saturated heterocycles. The van der Waals surface area contributed by atoms with Crippen LogP contribution >= 0.6 is 11.3 Å². The maximum absolute atomic E-state index is 12.9. The Morgan fingerprint density at radius 3 is 2.29 bits per heavy atom. The van der Waals surface area contributed by atoms with E-state index in [1.54, 1.807) is 36.6 Å². The summed E-state index contributed by atoms with van der Waals surface area (Å²) in [6.45, 7) is 6.30. The Morgan fingerprint density at radius 1 is 1.03 bits per heavy atom. The summed E-state index contributed by atoms with van der Waals surface area (Å²) in [4.78, 5) is 30.4. The van der Waals surface area contributed by atoms with Gasteiger partial charge < -0.3 is 24.6 Å². The number of aryl methyl sites for hydroxylation is 1. The third kappa shape index (κ3) is 7.29. The van der Waals surface area contributed by atoms with Gasteiger partial charge in [-0.3, -0.25) is 4.79 Å². The molecule has 180 valence electrons. The number of hydrogen-bond donors (Lipinski definition) is 2. The Bertz CT molecular complexity index is 1130. The molecule has 9 heteroatoms. The minimum Gasteiger partial charge on any atom is -0.490 e. The van der Waals surface area contributed by atoms with Crippen molar-refractivity contribution in [3.63, 3.8) is 0 Å². The fourth-order valence-electron chi connectivity index (χ4n) is 3.27. The fraction of sp³-hybridized carbons (Fsp3) is 0.320. The molecule has 0 unspecified atom stereocenters. The highest BCUT2D eigenvalue weighted by Gasteiger charge is 2.16. The summed E-state index contributed by atoms with van der Waals surface area (Å²) >= 11 is 1.73. The van der Waals surface area contributed by atoms with Gasteiger partial charge in [0.15, 0.2) is 0 Å². The molecule has 0 fully saturated rings.